The van der Waals surface area contributed by atoms with E-state index in [-0.39, 0.29) is 122 Å². The molecule has 2 bridgehead atoms. The van der Waals surface area contributed by atoms with Crippen LogP contribution in [0.5, 0.6) is 0 Å². The number of likely N-dealkylation sites (N-methyl/N-ethyl adjacent to an activating group) is 8. The molecule has 2 N–H and O–H groups in total. The molecule has 4 aliphatic carbocycles. The standard InChI is InChI=1S/C75H118F6N12O13/c1-15-23-53-64(97)83-62(46(4)16-2)70(103)86(8)44-61(96)88(10)54-26-18-17-21-37-92(69(54)102)57(39-47-27-31-50(32-28-47)74(76,77)78)67(100)85(7)43-59(94)82-52(34-30-48-29-33-51(75(79,80)81)58(40-48)106-14)65(98)93-42-45(3)38-56(93)68(101)91(13)73(35-22-36-73)72(105)90(12)63(49-24-19-20-25-49)71(104)89(11)55(66(99)84(5)6)41-60(95)87(53)9/h17-18,45-58,62-63H,15-16,19-44H2,1-14H3,(H,82,94)(H,83,97)/b18-17-/t45-,46-,47?,48?,50?,51?,52-,53-,54-,55-,56-,57-,58?,62-,63-/m0/s1. The topological polar surface area (TPSA) is 271 Å². The molecule has 7 rings (SSSR count). The van der Waals surface area contributed by atoms with Crippen molar-refractivity contribution in [3.63, 3.8) is 0 Å². The average molecular weight is 1510 g/mol. The minimum Gasteiger partial charge on any atom is -0.381 e. The molecule has 106 heavy (non-hydrogen) atoms. The molecule has 2 saturated heterocycles. The fourth-order valence-electron chi connectivity index (χ4n) is 17.4. The number of methoxy groups -OCH3 is 1. The van der Waals surface area contributed by atoms with Crippen molar-refractivity contribution >= 4 is 70.9 Å². The zero-order valence-electron chi connectivity index (χ0n) is 64.7. The molecule has 12 amide bonds. The number of fused-ring (bicyclic) bond motifs is 3. The molecule has 31 heteroatoms. The van der Waals surface area contributed by atoms with Gasteiger partial charge in [0.15, 0.2) is 0 Å². The number of alkyl halides is 6. The van der Waals surface area contributed by atoms with Crippen LogP contribution in [0.15, 0.2) is 12.2 Å². The normalized spacial score (nSPS) is 31.7. The number of hydrogen-bond donors (Lipinski definition) is 2. The second-order valence-corrected chi connectivity index (χ2v) is 31.9. The molecule has 25 nitrogen and oxygen atoms in total. The lowest BCUT2D eigenvalue weighted by Crippen LogP contribution is -2.68. The van der Waals surface area contributed by atoms with E-state index >= 15 is 28.8 Å². The Morgan fingerprint density at radius 1 is 0.642 bits per heavy atom. The fraction of sp³-hybridized carbons (Fsp3) is 0.813. The van der Waals surface area contributed by atoms with Crippen LogP contribution in [0.25, 0.3) is 0 Å². The number of nitrogens with one attached hydrogen (secondary N) is 2. The molecule has 3 unspecified atom stereocenters. The van der Waals surface area contributed by atoms with Crippen molar-refractivity contribution in [2.45, 2.75) is 254 Å². The van der Waals surface area contributed by atoms with Gasteiger partial charge in [0.1, 0.15) is 53.9 Å². The third kappa shape index (κ3) is 20.0. The second kappa shape index (κ2) is 36.9. The Kier molecular flexibility index (Phi) is 30.0. The summed E-state index contributed by atoms with van der Waals surface area (Å²) < 4.78 is 90.6. The molecule has 13 atom stereocenters. The molecule has 3 heterocycles. The van der Waals surface area contributed by atoms with Gasteiger partial charge in [0.25, 0.3) is 0 Å². The Morgan fingerprint density at radius 2 is 1.27 bits per heavy atom. The summed E-state index contributed by atoms with van der Waals surface area (Å²) in [5, 5.41) is 5.67. The van der Waals surface area contributed by atoms with Crippen LogP contribution in [0.2, 0.25) is 0 Å². The van der Waals surface area contributed by atoms with E-state index in [0.717, 1.165) is 27.5 Å². The van der Waals surface area contributed by atoms with Gasteiger partial charge < -0.3 is 64.4 Å². The Morgan fingerprint density at radius 3 is 1.85 bits per heavy atom. The Bertz CT molecular complexity index is 3180. The van der Waals surface area contributed by atoms with Gasteiger partial charge in [0.05, 0.1) is 37.5 Å². The van der Waals surface area contributed by atoms with E-state index < -0.39 is 198 Å². The van der Waals surface area contributed by atoms with Crippen LogP contribution >= 0.6 is 0 Å². The van der Waals surface area contributed by atoms with Crippen molar-refractivity contribution in [1.82, 2.24) is 59.6 Å². The van der Waals surface area contributed by atoms with E-state index in [4.69, 9.17) is 4.74 Å². The van der Waals surface area contributed by atoms with Crippen LogP contribution in [0, 0.1) is 41.4 Å². The average Bonchev–Trinajstić information content (AvgIpc) is 1.14. The van der Waals surface area contributed by atoms with Gasteiger partial charge in [-0.25, -0.2) is 0 Å². The molecular formula is C75H118F6N12O13. The van der Waals surface area contributed by atoms with E-state index in [9.17, 15) is 55.1 Å². The molecule has 4 saturated carbocycles. The number of nitrogens with zero attached hydrogens (tertiary/aromatic N) is 10. The highest BCUT2D eigenvalue weighted by molar-refractivity contribution is 6.01. The second-order valence-electron chi connectivity index (χ2n) is 31.9. The van der Waals surface area contributed by atoms with Crippen LogP contribution in [0.1, 0.15) is 182 Å². The summed E-state index contributed by atoms with van der Waals surface area (Å²) in [4.78, 5) is 194. The third-order valence-electron chi connectivity index (χ3n) is 24.5. The van der Waals surface area contributed by atoms with Gasteiger partial charge >= 0.3 is 12.4 Å². The highest BCUT2D eigenvalue weighted by atomic mass is 19.4. The van der Waals surface area contributed by atoms with Gasteiger partial charge in [0.2, 0.25) is 70.9 Å². The first-order valence-corrected chi connectivity index (χ1v) is 38.3. The lowest BCUT2D eigenvalue weighted by Gasteiger charge is -2.51. The van der Waals surface area contributed by atoms with Crippen LogP contribution in [-0.4, -0.2) is 289 Å². The Hall–Kier alpha value is -7.08. The summed E-state index contributed by atoms with van der Waals surface area (Å²) in [5.74, 6) is -14.0. The number of ether oxygens (including phenoxy) is 1. The molecule has 0 radical (unpaired) electrons. The SMILES string of the molecule is CCC[C@H]1C(=O)N[C@@H]([C@@H](C)CC)C(=O)N(C)CC(=O)N(C)[C@H]2C/C=C\CCN(C2=O)[C@@H](CC2CCC(C(F)(F)F)CC2)C(=O)N(C)CC(=O)N[C@@H](CCC2CCC(C(F)(F)F)C(OC)C2)C(=O)N2C[C@@H](C)C[C@H]2C(=O)N(C)C2(CCC2)C(=O)N(C)[C@@H](C2CCCC2)C(=O)N(C)[C@H](C(=O)N(C)C)CC(=O)N1C. The van der Waals surface area contributed by atoms with Crippen LogP contribution in [0.4, 0.5) is 26.3 Å². The molecule has 0 aromatic carbocycles. The third-order valence-corrected chi connectivity index (χ3v) is 24.5. The molecule has 1 spiro atoms. The van der Waals surface area contributed by atoms with Gasteiger partial charge in [-0.15, -0.1) is 0 Å². The van der Waals surface area contributed by atoms with Crippen molar-refractivity contribution in [2.75, 3.05) is 96.7 Å². The number of carbonyl (C=O) groups excluding carboxylic acids is 12. The molecule has 3 aliphatic heterocycles. The molecular weight excluding hydrogens is 1390 g/mol. The molecule has 0 aromatic heterocycles. The van der Waals surface area contributed by atoms with E-state index in [1.807, 2.05) is 6.92 Å². The Labute approximate surface area is 621 Å². The largest absolute Gasteiger partial charge is 0.394 e. The lowest BCUT2D eigenvalue weighted by atomic mass is 9.73. The van der Waals surface area contributed by atoms with E-state index in [1.165, 1.54) is 105 Å². The molecule has 6 fully saturated rings. The van der Waals surface area contributed by atoms with Gasteiger partial charge in [0, 0.05) is 83.6 Å². The number of amides is 12. The van der Waals surface area contributed by atoms with Gasteiger partial charge in [-0.3, -0.25) is 57.5 Å². The van der Waals surface area contributed by atoms with Crippen molar-refractivity contribution in [1.29, 1.82) is 0 Å². The van der Waals surface area contributed by atoms with Gasteiger partial charge in [-0.2, -0.15) is 26.3 Å². The molecule has 7 aliphatic rings. The minimum atomic E-state index is -4.55. The van der Waals surface area contributed by atoms with Crippen LogP contribution in [0.3, 0.4) is 0 Å². The van der Waals surface area contributed by atoms with Crippen molar-refractivity contribution in [3.8, 4) is 0 Å². The smallest absolute Gasteiger partial charge is 0.381 e. The predicted molar refractivity (Wildman–Crippen MR) is 381 cm³/mol. The fourth-order valence-corrected chi connectivity index (χ4v) is 17.4. The van der Waals surface area contributed by atoms with Gasteiger partial charge in [-0.05, 0) is 152 Å². The zero-order valence-corrected chi connectivity index (χ0v) is 64.7. The maximum Gasteiger partial charge on any atom is 0.394 e. The first-order valence-electron chi connectivity index (χ1n) is 38.3. The summed E-state index contributed by atoms with van der Waals surface area (Å²) >= 11 is 0. The van der Waals surface area contributed by atoms with Crippen molar-refractivity contribution in [2.24, 2.45) is 41.4 Å². The minimum absolute atomic E-state index is 0.000225. The van der Waals surface area contributed by atoms with Crippen molar-refractivity contribution < 1.29 is 88.6 Å². The van der Waals surface area contributed by atoms with E-state index in [2.05, 4.69) is 10.6 Å². The first kappa shape index (κ1) is 86.2. The maximum atomic E-state index is 15.7. The number of halogens is 6. The summed E-state index contributed by atoms with van der Waals surface area (Å²) in [7, 11) is 13.9. The monoisotopic (exact) mass is 1510 g/mol. The first-order chi connectivity index (χ1) is 49.7. The van der Waals surface area contributed by atoms with E-state index in [0.29, 0.717) is 32.1 Å². The predicted octanol–water partition coefficient (Wildman–Crippen LogP) is 6.41. The highest BCUT2D eigenvalue weighted by Crippen LogP contribution is 2.46. The van der Waals surface area contributed by atoms with Gasteiger partial charge in [-0.1, -0.05) is 65.5 Å². The summed E-state index contributed by atoms with van der Waals surface area (Å²) in [6, 6.07) is -10.5. The van der Waals surface area contributed by atoms with Crippen LogP contribution < -0.4 is 10.6 Å². The van der Waals surface area contributed by atoms with Crippen molar-refractivity contribution in [3.05, 3.63) is 12.2 Å². The zero-order chi connectivity index (χ0) is 78.8. The lowest BCUT2D eigenvalue weighted by molar-refractivity contribution is -0.215. The Balaban J connectivity index is 1.31. The highest BCUT2D eigenvalue weighted by Gasteiger charge is 2.57. The molecule has 598 valence electrons. The van der Waals surface area contributed by atoms with Crippen LogP contribution in [-0.2, 0) is 62.3 Å². The summed E-state index contributed by atoms with van der Waals surface area (Å²) in [5.41, 5.74) is -1.54. The summed E-state index contributed by atoms with van der Waals surface area (Å²) in [6.45, 7) is 5.66. The number of hydrogen-bond acceptors (Lipinski definition) is 13. The number of carbonyl (C=O) groups is 12. The van der Waals surface area contributed by atoms with E-state index in [1.54, 1.807) is 32.9 Å². The molecule has 0 aromatic rings. The summed E-state index contributed by atoms with van der Waals surface area (Å²) in [6.07, 6.45) is -3.75. The maximum absolute atomic E-state index is 15.7. The quantitative estimate of drug-likeness (QED) is 0.158. The number of rotatable bonds is 12.